The fourth-order valence-corrected chi connectivity index (χ4v) is 2.35. The van der Waals surface area contributed by atoms with Crippen LogP contribution in [-0.4, -0.2) is 29.1 Å². The molecule has 1 unspecified atom stereocenters. The normalized spacial score (nSPS) is 19.1. The molecule has 0 saturated carbocycles. The smallest absolute Gasteiger partial charge is 0.0281 e. The topological polar surface area (TPSA) is 34.2 Å². The van der Waals surface area contributed by atoms with Crippen LogP contribution in [0.1, 0.15) is 37.8 Å². The standard InChI is InChI=1S/C13H23N3/c1-12(14)13-5-10-16(11-13)9-4-8-15-6-2-3-7-15/h5,10-12H,2-4,6-9,14H2,1H3. The van der Waals surface area contributed by atoms with Crippen LogP contribution >= 0.6 is 0 Å². The lowest BCUT2D eigenvalue weighted by Gasteiger charge is -2.14. The minimum Gasteiger partial charge on any atom is -0.354 e. The summed E-state index contributed by atoms with van der Waals surface area (Å²) in [5.41, 5.74) is 7.07. The van der Waals surface area contributed by atoms with E-state index in [0.29, 0.717) is 0 Å². The first kappa shape index (κ1) is 11.7. The lowest BCUT2D eigenvalue weighted by Crippen LogP contribution is -2.21. The predicted molar refractivity (Wildman–Crippen MR) is 67.3 cm³/mol. The molecule has 0 aliphatic carbocycles. The van der Waals surface area contributed by atoms with Crippen LogP contribution in [-0.2, 0) is 6.54 Å². The maximum Gasteiger partial charge on any atom is 0.0281 e. The van der Waals surface area contributed by atoms with Gasteiger partial charge in [0.2, 0.25) is 0 Å². The van der Waals surface area contributed by atoms with Crippen molar-refractivity contribution in [2.24, 2.45) is 5.73 Å². The lowest BCUT2D eigenvalue weighted by molar-refractivity contribution is 0.325. The number of hydrogen-bond acceptors (Lipinski definition) is 2. The van der Waals surface area contributed by atoms with Gasteiger partial charge in [-0.3, -0.25) is 0 Å². The first-order chi connectivity index (χ1) is 7.75. The summed E-state index contributed by atoms with van der Waals surface area (Å²) in [6.07, 6.45) is 8.33. The van der Waals surface area contributed by atoms with Crippen molar-refractivity contribution in [3.63, 3.8) is 0 Å². The van der Waals surface area contributed by atoms with Gasteiger partial charge in [0.1, 0.15) is 0 Å². The molecule has 1 saturated heterocycles. The summed E-state index contributed by atoms with van der Waals surface area (Å²) in [4.78, 5) is 2.57. The largest absolute Gasteiger partial charge is 0.354 e. The average molecular weight is 221 g/mol. The number of rotatable bonds is 5. The molecule has 0 bridgehead atoms. The Morgan fingerprint density at radius 3 is 2.69 bits per heavy atom. The molecular weight excluding hydrogens is 198 g/mol. The third-order valence-electron chi connectivity index (χ3n) is 3.39. The van der Waals surface area contributed by atoms with E-state index in [0.717, 1.165) is 6.54 Å². The molecule has 0 aromatic carbocycles. The molecule has 1 aliphatic heterocycles. The molecular formula is C13H23N3. The quantitative estimate of drug-likeness (QED) is 0.825. The number of aromatic nitrogens is 1. The Balaban J connectivity index is 1.72. The minimum atomic E-state index is 0.153. The third kappa shape index (κ3) is 3.09. The highest BCUT2D eigenvalue weighted by atomic mass is 15.1. The zero-order valence-corrected chi connectivity index (χ0v) is 10.2. The van der Waals surface area contributed by atoms with Crippen molar-refractivity contribution in [2.75, 3.05) is 19.6 Å². The van der Waals surface area contributed by atoms with Gasteiger partial charge in [0.15, 0.2) is 0 Å². The summed E-state index contributed by atoms with van der Waals surface area (Å²) in [5, 5.41) is 0. The van der Waals surface area contributed by atoms with Crippen LogP contribution in [0, 0.1) is 0 Å². The zero-order chi connectivity index (χ0) is 11.4. The van der Waals surface area contributed by atoms with Crippen LogP contribution in [0.4, 0.5) is 0 Å². The Hall–Kier alpha value is -0.800. The SMILES string of the molecule is CC(N)c1ccn(CCCN2CCCC2)c1. The van der Waals surface area contributed by atoms with Crippen molar-refractivity contribution < 1.29 is 0 Å². The van der Waals surface area contributed by atoms with E-state index in [1.807, 2.05) is 6.92 Å². The van der Waals surface area contributed by atoms with Gasteiger partial charge in [-0.1, -0.05) is 0 Å². The molecule has 16 heavy (non-hydrogen) atoms. The molecule has 2 rings (SSSR count). The Morgan fingerprint density at radius 1 is 1.31 bits per heavy atom. The highest BCUT2D eigenvalue weighted by Crippen LogP contribution is 2.11. The molecule has 2 N–H and O–H groups in total. The van der Waals surface area contributed by atoms with Crippen LogP contribution in [0.2, 0.25) is 0 Å². The number of hydrogen-bond donors (Lipinski definition) is 1. The highest BCUT2D eigenvalue weighted by Gasteiger charge is 2.10. The third-order valence-corrected chi connectivity index (χ3v) is 3.39. The molecule has 0 spiro atoms. The van der Waals surface area contributed by atoms with Crippen molar-refractivity contribution in [2.45, 2.75) is 38.8 Å². The van der Waals surface area contributed by atoms with Gasteiger partial charge in [0, 0.05) is 25.0 Å². The summed E-state index contributed by atoms with van der Waals surface area (Å²) in [6, 6.07) is 2.28. The Bertz CT molecular complexity index is 311. The van der Waals surface area contributed by atoms with Gasteiger partial charge in [-0.25, -0.2) is 0 Å². The second-order valence-corrected chi connectivity index (χ2v) is 4.87. The van der Waals surface area contributed by atoms with E-state index in [9.17, 15) is 0 Å². The second kappa shape index (κ2) is 5.51. The first-order valence-corrected chi connectivity index (χ1v) is 6.39. The molecule has 1 aliphatic rings. The predicted octanol–water partition coefficient (Wildman–Crippen LogP) is 1.99. The van der Waals surface area contributed by atoms with Crippen LogP contribution in [0.5, 0.6) is 0 Å². The van der Waals surface area contributed by atoms with Crippen molar-refractivity contribution in [1.82, 2.24) is 9.47 Å². The summed E-state index contributed by atoms with van der Waals surface area (Å²) in [5.74, 6) is 0. The molecule has 2 heterocycles. The summed E-state index contributed by atoms with van der Waals surface area (Å²) < 4.78 is 2.26. The summed E-state index contributed by atoms with van der Waals surface area (Å²) in [7, 11) is 0. The van der Waals surface area contributed by atoms with E-state index in [4.69, 9.17) is 5.73 Å². The fourth-order valence-electron chi connectivity index (χ4n) is 2.35. The lowest BCUT2D eigenvalue weighted by atomic mass is 10.2. The van der Waals surface area contributed by atoms with Crippen molar-refractivity contribution in [1.29, 1.82) is 0 Å². The number of nitrogens with two attached hydrogens (primary N) is 1. The monoisotopic (exact) mass is 221 g/mol. The summed E-state index contributed by atoms with van der Waals surface area (Å²) >= 11 is 0. The highest BCUT2D eigenvalue weighted by molar-refractivity contribution is 5.13. The molecule has 1 aromatic heterocycles. The Labute approximate surface area is 98.2 Å². The molecule has 0 radical (unpaired) electrons. The molecule has 3 nitrogen and oxygen atoms in total. The van der Waals surface area contributed by atoms with E-state index in [1.165, 1.54) is 44.5 Å². The molecule has 3 heteroatoms. The fraction of sp³-hybridized carbons (Fsp3) is 0.692. The van der Waals surface area contributed by atoms with E-state index >= 15 is 0 Å². The van der Waals surface area contributed by atoms with Gasteiger partial charge >= 0.3 is 0 Å². The summed E-state index contributed by atoms with van der Waals surface area (Å²) in [6.45, 7) is 6.99. The van der Waals surface area contributed by atoms with Gasteiger partial charge in [-0.2, -0.15) is 0 Å². The second-order valence-electron chi connectivity index (χ2n) is 4.87. The number of nitrogens with zero attached hydrogens (tertiary/aromatic N) is 2. The maximum absolute atomic E-state index is 5.83. The molecule has 1 fully saturated rings. The van der Waals surface area contributed by atoms with Crippen LogP contribution < -0.4 is 5.73 Å². The van der Waals surface area contributed by atoms with E-state index < -0.39 is 0 Å². The minimum absolute atomic E-state index is 0.153. The van der Waals surface area contributed by atoms with Crippen molar-refractivity contribution in [3.8, 4) is 0 Å². The molecule has 1 atom stereocenters. The molecule has 90 valence electrons. The van der Waals surface area contributed by atoms with Crippen LogP contribution in [0.25, 0.3) is 0 Å². The van der Waals surface area contributed by atoms with E-state index in [2.05, 4.69) is 27.9 Å². The molecule has 1 aromatic rings. The zero-order valence-electron chi connectivity index (χ0n) is 10.2. The van der Waals surface area contributed by atoms with Gasteiger partial charge in [-0.15, -0.1) is 0 Å². The van der Waals surface area contributed by atoms with Gasteiger partial charge in [-0.05, 0) is 57.5 Å². The van der Waals surface area contributed by atoms with Gasteiger partial charge < -0.3 is 15.2 Å². The van der Waals surface area contributed by atoms with Crippen molar-refractivity contribution in [3.05, 3.63) is 24.0 Å². The van der Waals surface area contributed by atoms with Crippen LogP contribution in [0.3, 0.4) is 0 Å². The molecule has 0 amide bonds. The first-order valence-electron chi connectivity index (χ1n) is 6.39. The van der Waals surface area contributed by atoms with E-state index in [1.54, 1.807) is 0 Å². The van der Waals surface area contributed by atoms with Gasteiger partial charge in [0.05, 0.1) is 0 Å². The average Bonchev–Trinajstić information content (AvgIpc) is 2.87. The number of likely N-dealkylation sites (tertiary alicyclic amines) is 1. The van der Waals surface area contributed by atoms with Crippen LogP contribution in [0.15, 0.2) is 18.5 Å². The van der Waals surface area contributed by atoms with E-state index in [-0.39, 0.29) is 6.04 Å². The Morgan fingerprint density at radius 2 is 2.06 bits per heavy atom. The Kier molecular flexibility index (Phi) is 4.02. The number of aryl methyl sites for hydroxylation is 1. The van der Waals surface area contributed by atoms with Gasteiger partial charge in [0.25, 0.3) is 0 Å². The maximum atomic E-state index is 5.83. The van der Waals surface area contributed by atoms with Crippen molar-refractivity contribution >= 4 is 0 Å².